The fraction of sp³-hybridized carbons (Fsp3) is 0.464. The van der Waals surface area contributed by atoms with Crippen LogP contribution in [0.15, 0.2) is 42.5 Å². The average molecular weight is 922 g/mol. The van der Waals surface area contributed by atoms with Crippen molar-refractivity contribution in [1.29, 1.82) is 0 Å². The second-order valence-electron chi connectivity index (χ2n) is 8.66. The summed E-state index contributed by atoms with van der Waals surface area (Å²) in [6.45, 7) is 11.3. The Bertz CT molecular complexity index is 934. The molecule has 2 heterocycles. The summed E-state index contributed by atoms with van der Waals surface area (Å²) in [6, 6.07) is 15.1. The standard InChI is InChI=1S/C27H34NO5.CH3.2Ac/c1-4-31-23-9-7-21(8-10-23)27(28-12-15-30-16-13-28)25-17-22(6-5-19(25)2)26-18-24(11-14-32-26)33-20(3)29;;;/h5-10,14,17,24,26-27H,4,11-13,15-16,18H2,1-3H3;1H3;;/q2*-1;;. The summed E-state index contributed by atoms with van der Waals surface area (Å²) in [5, 5.41) is 0. The average Bonchev–Trinajstić information content (AvgIpc) is 2.82. The molecule has 0 N–H and O–H groups in total. The predicted octanol–water partition coefficient (Wildman–Crippen LogP) is 5.21. The number of aryl methyl sites for hydroxylation is 1. The van der Waals surface area contributed by atoms with Gasteiger partial charge in [0.15, 0.2) is 0 Å². The van der Waals surface area contributed by atoms with Crippen molar-refractivity contribution in [2.75, 3.05) is 32.9 Å². The number of rotatable bonds is 7. The zero-order valence-corrected chi connectivity index (χ0v) is 31.4. The van der Waals surface area contributed by atoms with Crippen LogP contribution in [-0.4, -0.2) is 49.9 Å². The molecule has 2 aliphatic heterocycles. The Kier molecular flexibility index (Phi) is 16.5. The van der Waals surface area contributed by atoms with E-state index in [1.165, 1.54) is 23.6 Å². The molecule has 3 atom stereocenters. The number of carbonyl (C=O) groups is 1. The van der Waals surface area contributed by atoms with E-state index in [0.717, 1.165) is 37.6 Å². The van der Waals surface area contributed by atoms with E-state index >= 15 is 0 Å². The molecule has 0 spiro atoms. The van der Waals surface area contributed by atoms with Crippen LogP contribution in [0.2, 0.25) is 0 Å². The fourth-order valence-corrected chi connectivity index (χ4v) is 4.70. The molecule has 36 heavy (non-hydrogen) atoms. The van der Waals surface area contributed by atoms with Gasteiger partial charge in [-0.05, 0) is 48.2 Å². The monoisotopic (exact) mass is 921 g/mol. The fourth-order valence-electron chi connectivity index (χ4n) is 4.70. The van der Waals surface area contributed by atoms with Crippen LogP contribution < -0.4 is 4.74 Å². The molecule has 2 aromatic carbocycles. The van der Waals surface area contributed by atoms with Gasteiger partial charge in [-0.3, -0.25) is 9.69 Å². The topological polar surface area (TPSA) is 57.2 Å². The Hall–Kier alpha value is 0.473. The maximum atomic E-state index is 11.4. The summed E-state index contributed by atoms with van der Waals surface area (Å²) in [7, 11) is 0. The number of hydrogen-bond acceptors (Lipinski definition) is 6. The van der Waals surface area contributed by atoms with Crippen molar-refractivity contribution in [2.24, 2.45) is 0 Å². The van der Waals surface area contributed by atoms with E-state index in [2.05, 4.69) is 42.2 Å². The molecule has 2 saturated heterocycles. The predicted molar refractivity (Wildman–Crippen MR) is 132 cm³/mol. The molecule has 0 aromatic heterocycles. The van der Waals surface area contributed by atoms with Gasteiger partial charge in [0, 0.05) is 115 Å². The first-order valence-electron chi connectivity index (χ1n) is 11.8. The number of esters is 1. The Morgan fingerprint density at radius 1 is 1.14 bits per heavy atom. The molecule has 2 radical (unpaired) electrons. The van der Waals surface area contributed by atoms with Crippen molar-refractivity contribution in [1.82, 2.24) is 4.90 Å². The van der Waals surface area contributed by atoms with Crippen LogP contribution in [0.4, 0.5) is 0 Å². The summed E-state index contributed by atoms with van der Waals surface area (Å²) in [6.07, 6.45) is 1.00. The zero-order chi connectivity index (χ0) is 23.2. The summed E-state index contributed by atoms with van der Waals surface area (Å²) >= 11 is 0. The molecule has 3 unspecified atom stereocenters. The number of ether oxygens (including phenoxy) is 4. The first-order chi connectivity index (χ1) is 16.0. The first kappa shape index (κ1) is 34.5. The molecule has 0 saturated carbocycles. The number of carbonyl (C=O) groups excluding carboxylic acids is 1. The van der Waals surface area contributed by atoms with E-state index in [4.69, 9.17) is 18.9 Å². The third-order valence-corrected chi connectivity index (χ3v) is 6.32. The molecule has 2 aromatic rings. The molecular weight excluding hydrogens is 884 g/mol. The van der Waals surface area contributed by atoms with Crippen molar-refractivity contribution < 1.29 is 112 Å². The van der Waals surface area contributed by atoms with E-state index in [9.17, 15) is 4.79 Å². The normalized spacial score (nSPS) is 20.6. The van der Waals surface area contributed by atoms with Gasteiger partial charge >= 0.3 is 5.97 Å². The van der Waals surface area contributed by atoms with E-state index < -0.39 is 0 Å². The molecule has 4 rings (SSSR count). The summed E-state index contributed by atoms with van der Waals surface area (Å²) in [5.41, 5.74) is 4.83. The van der Waals surface area contributed by atoms with Gasteiger partial charge in [-0.1, -0.05) is 30.3 Å². The molecular formula is C28H37Ac2NO5-2. The largest absolute Gasteiger partial charge is 0.546 e. The third-order valence-electron chi connectivity index (χ3n) is 6.32. The van der Waals surface area contributed by atoms with Crippen LogP contribution >= 0.6 is 0 Å². The Balaban J connectivity index is 0.00000216. The minimum Gasteiger partial charge on any atom is -0.546 e. The number of morpholine rings is 1. The Morgan fingerprint density at radius 3 is 2.47 bits per heavy atom. The Morgan fingerprint density at radius 2 is 1.83 bits per heavy atom. The number of benzene rings is 2. The van der Waals surface area contributed by atoms with Gasteiger partial charge in [0.25, 0.3) is 0 Å². The van der Waals surface area contributed by atoms with Crippen LogP contribution in [0, 0.1) is 109 Å². The molecule has 192 valence electrons. The minimum absolute atomic E-state index is 0. The van der Waals surface area contributed by atoms with Gasteiger partial charge in [-0.2, -0.15) is 0 Å². The number of hydrogen-bond donors (Lipinski definition) is 0. The van der Waals surface area contributed by atoms with Gasteiger partial charge < -0.3 is 26.4 Å². The van der Waals surface area contributed by atoms with Crippen molar-refractivity contribution >= 4 is 5.97 Å². The van der Waals surface area contributed by atoms with Gasteiger partial charge in [0.1, 0.15) is 5.75 Å². The molecule has 6 nitrogen and oxygen atoms in total. The van der Waals surface area contributed by atoms with Gasteiger partial charge in [0.2, 0.25) is 0 Å². The summed E-state index contributed by atoms with van der Waals surface area (Å²) in [4.78, 5) is 13.9. The number of nitrogens with zero attached hydrogens (tertiary/aromatic N) is 1. The summed E-state index contributed by atoms with van der Waals surface area (Å²) in [5.74, 6) is 0.636. The third kappa shape index (κ3) is 9.29. The second-order valence-corrected chi connectivity index (χ2v) is 8.66. The van der Waals surface area contributed by atoms with Crippen LogP contribution in [0.1, 0.15) is 61.1 Å². The van der Waals surface area contributed by atoms with Crippen molar-refractivity contribution in [2.45, 2.75) is 51.9 Å². The van der Waals surface area contributed by atoms with Gasteiger partial charge in [-0.25, -0.2) is 6.61 Å². The SMILES string of the molecule is CCOc1ccc(C(c2cc(C3CC(OC(C)=O)C[CH-]O3)ccc2C)N2CCOCC2)cc1.[Ac].[Ac].[CH3-]. The van der Waals surface area contributed by atoms with Crippen molar-refractivity contribution in [3.63, 3.8) is 0 Å². The molecule has 2 fully saturated rings. The van der Waals surface area contributed by atoms with Crippen LogP contribution in [0.5, 0.6) is 5.75 Å². The van der Waals surface area contributed by atoms with Crippen LogP contribution in [0.25, 0.3) is 0 Å². The van der Waals surface area contributed by atoms with Gasteiger partial charge in [-0.15, -0.1) is 6.42 Å². The van der Waals surface area contributed by atoms with Crippen LogP contribution in [-0.2, 0) is 19.0 Å². The quantitative estimate of drug-likeness (QED) is 0.281. The van der Waals surface area contributed by atoms with E-state index in [0.29, 0.717) is 19.4 Å². The van der Waals surface area contributed by atoms with Crippen molar-refractivity contribution in [3.8, 4) is 5.75 Å². The summed E-state index contributed by atoms with van der Waals surface area (Å²) < 4.78 is 22.7. The van der Waals surface area contributed by atoms with E-state index in [1.807, 2.05) is 19.1 Å². The minimum atomic E-state index is -0.249. The molecule has 2 aliphatic rings. The molecule has 0 bridgehead atoms. The molecule has 8 heteroatoms. The molecule has 0 amide bonds. The van der Waals surface area contributed by atoms with E-state index in [-0.39, 0.29) is 120 Å². The first-order valence-corrected chi connectivity index (χ1v) is 11.8. The Labute approximate surface area is 288 Å². The van der Waals surface area contributed by atoms with Gasteiger partial charge in [0.05, 0.1) is 38.1 Å². The molecule has 0 aliphatic carbocycles. The zero-order valence-electron chi connectivity index (χ0n) is 21.9. The maximum Gasteiger partial charge on any atom is 0.302 e. The van der Waals surface area contributed by atoms with Crippen molar-refractivity contribution in [3.05, 3.63) is 78.8 Å². The van der Waals surface area contributed by atoms with E-state index in [1.54, 1.807) is 6.61 Å². The second kappa shape index (κ2) is 17.2. The van der Waals surface area contributed by atoms with Crippen LogP contribution in [0.3, 0.4) is 0 Å². The smallest absolute Gasteiger partial charge is 0.302 e. The maximum absolute atomic E-state index is 11.4.